The number of hydrogen-bond acceptors (Lipinski definition) is 4. The first-order chi connectivity index (χ1) is 10.6. The van der Waals surface area contributed by atoms with Crippen molar-refractivity contribution in [3.63, 3.8) is 0 Å². The van der Waals surface area contributed by atoms with Gasteiger partial charge in [-0.15, -0.1) is 0 Å². The molecule has 3 amide bonds. The number of urea groups is 1. The van der Waals surface area contributed by atoms with Gasteiger partial charge in [-0.05, 0) is 23.5 Å². The van der Waals surface area contributed by atoms with Gasteiger partial charge in [-0.2, -0.15) is 0 Å². The second-order valence-corrected chi connectivity index (χ2v) is 6.85. The minimum Gasteiger partial charge on any atom is -0.468 e. The Balaban J connectivity index is 2.30. The maximum Gasteiger partial charge on any atom is 0.325 e. The topological polar surface area (TPSA) is 75.7 Å². The summed E-state index contributed by atoms with van der Waals surface area (Å²) < 4.78 is 4.52. The molecule has 1 aromatic carbocycles. The summed E-state index contributed by atoms with van der Waals surface area (Å²) in [5.41, 5.74) is 0.630. The Bertz CT molecular complexity index is 646. The van der Waals surface area contributed by atoms with Crippen molar-refractivity contribution in [3.05, 3.63) is 35.4 Å². The average Bonchev–Trinajstić information content (AvgIpc) is 2.71. The standard InChI is InChI=1S/C17H22N2O4/c1-16(2,3)11-6-8-12(9-7-11)17(4)14(21)19(15(22)18-17)10-13(20)23-5/h6-9H,10H2,1-5H3,(H,18,22). The molecular formula is C17H22N2O4. The molecule has 1 N–H and O–H groups in total. The minimum absolute atomic E-state index is 0.000707. The van der Waals surface area contributed by atoms with Crippen molar-refractivity contribution in [2.75, 3.05) is 13.7 Å². The van der Waals surface area contributed by atoms with E-state index >= 15 is 0 Å². The molecule has 1 fully saturated rings. The number of methoxy groups -OCH3 is 1. The van der Waals surface area contributed by atoms with Crippen molar-refractivity contribution in [3.8, 4) is 0 Å². The number of benzene rings is 1. The van der Waals surface area contributed by atoms with E-state index in [0.717, 1.165) is 10.5 Å². The van der Waals surface area contributed by atoms with Gasteiger partial charge < -0.3 is 10.1 Å². The van der Waals surface area contributed by atoms with E-state index in [0.29, 0.717) is 5.56 Å². The number of imide groups is 1. The lowest BCUT2D eigenvalue weighted by Crippen LogP contribution is -2.41. The number of esters is 1. The van der Waals surface area contributed by atoms with Gasteiger partial charge >= 0.3 is 12.0 Å². The number of ether oxygens (including phenoxy) is 1. The summed E-state index contributed by atoms with van der Waals surface area (Å²) in [5, 5.41) is 2.66. The number of nitrogens with one attached hydrogen (secondary N) is 1. The third-order valence-corrected chi connectivity index (χ3v) is 4.12. The van der Waals surface area contributed by atoms with E-state index in [1.807, 2.05) is 24.3 Å². The summed E-state index contributed by atoms with van der Waals surface area (Å²) in [6.45, 7) is 7.55. The lowest BCUT2D eigenvalue weighted by molar-refractivity contribution is -0.145. The van der Waals surface area contributed by atoms with Crippen molar-refractivity contribution in [1.29, 1.82) is 0 Å². The van der Waals surface area contributed by atoms with Gasteiger partial charge in [0, 0.05) is 0 Å². The van der Waals surface area contributed by atoms with E-state index < -0.39 is 30.0 Å². The third-order valence-electron chi connectivity index (χ3n) is 4.12. The zero-order valence-electron chi connectivity index (χ0n) is 14.1. The van der Waals surface area contributed by atoms with Crippen LogP contribution in [0.25, 0.3) is 0 Å². The molecule has 1 heterocycles. The molecule has 1 aliphatic heterocycles. The van der Waals surface area contributed by atoms with Crippen LogP contribution in [0.3, 0.4) is 0 Å². The van der Waals surface area contributed by atoms with Gasteiger partial charge in [0.2, 0.25) is 0 Å². The minimum atomic E-state index is -1.18. The second kappa shape index (κ2) is 5.68. The Morgan fingerprint density at radius 1 is 1.22 bits per heavy atom. The van der Waals surface area contributed by atoms with E-state index in [2.05, 4.69) is 30.8 Å². The maximum atomic E-state index is 12.6. The number of amides is 3. The Labute approximate surface area is 135 Å². The fourth-order valence-corrected chi connectivity index (χ4v) is 2.53. The molecule has 1 atom stereocenters. The third kappa shape index (κ3) is 3.06. The maximum absolute atomic E-state index is 12.6. The Hall–Kier alpha value is -2.37. The summed E-state index contributed by atoms with van der Waals surface area (Å²) in [4.78, 5) is 36.9. The molecule has 1 saturated heterocycles. The van der Waals surface area contributed by atoms with Crippen molar-refractivity contribution in [1.82, 2.24) is 10.2 Å². The van der Waals surface area contributed by atoms with Crippen LogP contribution < -0.4 is 5.32 Å². The van der Waals surface area contributed by atoms with E-state index in [1.54, 1.807) is 6.92 Å². The predicted molar refractivity (Wildman–Crippen MR) is 84.8 cm³/mol. The highest BCUT2D eigenvalue weighted by molar-refractivity contribution is 6.08. The highest BCUT2D eigenvalue weighted by atomic mass is 16.5. The summed E-state index contributed by atoms with van der Waals surface area (Å²) in [7, 11) is 1.21. The van der Waals surface area contributed by atoms with Gasteiger partial charge in [0.15, 0.2) is 0 Å². The smallest absolute Gasteiger partial charge is 0.325 e. The van der Waals surface area contributed by atoms with Gasteiger partial charge in [0.25, 0.3) is 5.91 Å². The molecule has 2 rings (SSSR count). The Morgan fingerprint density at radius 2 is 1.78 bits per heavy atom. The van der Waals surface area contributed by atoms with Crippen LogP contribution >= 0.6 is 0 Å². The lowest BCUT2D eigenvalue weighted by Gasteiger charge is -2.24. The molecule has 0 spiro atoms. The second-order valence-electron chi connectivity index (χ2n) is 6.85. The first-order valence-electron chi connectivity index (χ1n) is 7.41. The Kier molecular flexibility index (Phi) is 4.20. The molecule has 0 radical (unpaired) electrons. The van der Waals surface area contributed by atoms with Crippen molar-refractivity contribution in [2.24, 2.45) is 0 Å². The average molecular weight is 318 g/mol. The van der Waals surface area contributed by atoms with E-state index in [4.69, 9.17) is 0 Å². The first kappa shape index (κ1) is 17.0. The zero-order chi connectivity index (χ0) is 17.4. The monoisotopic (exact) mass is 318 g/mol. The van der Waals surface area contributed by atoms with Gasteiger partial charge in [0.1, 0.15) is 12.1 Å². The lowest BCUT2D eigenvalue weighted by atomic mass is 9.84. The number of carbonyl (C=O) groups is 3. The fourth-order valence-electron chi connectivity index (χ4n) is 2.53. The molecule has 6 heteroatoms. The molecule has 0 aromatic heterocycles. The van der Waals surface area contributed by atoms with E-state index in [9.17, 15) is 14.4 Å². The largest absolute Gasteiger partial charge is 0.468 e. The summed E-state index contributed by atoms with van der Waals surface area (Å²) in [6, 6.07) is 6.97. The van der Waals surface area contributed by atoms with Gasteiger partial charge in [-0.1, -0.05) is 45.0 Å². The van der Waals surface area contributed by atoms with Crippen LogP contribution in [-0.2, 0) is 25.3 Å². The SMILES string of the molecule is COC(=O)CN1C(=O)NC(C)(c2ccc(C(C)(C)C)cc2)C1=O. The summed E-state index contributed by atoms with van der Waals surface area (Å²) in [6.07, 6.45) is 0. The highest BCUT2D eigenvalue weighted by Crippen LogP contribution is 2.31. The zero-order valence-corrected chi connectivity index (χ0v) is 14.1. The van der Waals surface area contributed by atoms with Crippen molar-refractivity contribution in [2.45, 2.75) is 38.6 Å². The van der Waals surface area contributed by atoms with Crippen LogP contribution in [0, 0.1) is 0 Å². The quantitative estimate of drug-likeness (QED) is 0.682. The van der Waals surface area contributed by atoms with Gasteiger partial charge in [-0.3, -0.25) is 14.5 Å². The summed E-state index contributed by atoms with van der Waals surface area (Å²) in [5.74, 6) is -1.10. The van der Waals surface area contributed by atoms with Gasteiger partial charge in [-0.25, -0.2) is 4.79 Å². The number of rotatable bonds is 3. The summed E-state index contributed by atoms with van der Waals surface area (Å²) >= 11 is 0. The first-order valence-corrected chi connectivity index (χ1v) is 7.41. The van der Waals surface area contributed by atoms with Gasteiger partial charge in [0.05, 0.1) is 7.11 Å². The van der Waals surface area contributed by atoms with Crippen LogP contribution in [0.15, 0.2) is 24.3 Å². The Morgan fingerprint density at radius 3 is 2.26 bits per heavy atom. The molecule has 0 saturated carbocycles. The van der Waals surface area contributed by atoms with Crippen LogP contribution in [0.4, 0.5) is 4.79 Å². The van der Waals surface area contributed by atoms with Crippen LogP contribution in [-0.4, -0.2) is 36.5 Å². The number of hydrogen-bond donors (Lipinski definition) is 1. The van der Waals surface area contributed by atoms with E-state index in [1.165, 1.54) is 7.11 Å². The highest BCUT2D eigenvalue weighted by Gasteiger charge is 2.49. The normalized spacial score (nSPS) is 21.3. The number of nitrogens with zero attached hydrogens (tertiary/aromatic N) is 1. The van der Waals surface area contributed by atoms with Crippen LogP contribution in [0.5, 0.6) is 0 Å². The van der Waals surface area contributed by atoms with Crippen LogP contribution in [0.1, 0.15) is 38.8 Å². The molecule has 6 nitrogen and oxygen atoms in total. The number of carbonyl (C=O) groups excluding carboxylic acids is 3. The molecule has 0 aliphatic carbocycles. The molecule has 1 aromatic rings. The molecule has 124 valence electrons. The van der Waals surface area contributed by atoms with Crippen LogP contribution in [0.2, 0.25) is 0 Å². The molecule has 0 bridgehead atoms. The molecular weight excluding hydrogens is 296 g/mol. The fraction of sp³-hybridized carbons (Fsp3) is 0.471. The molecule has 23 heavy (non-hydrogen) atoms. The van der Waals surface area contributed by atoms with Crippen molar-refractivity contribution >= 4 is 17.9 Å². The molecule has 1 aliphatic rings. The van der Waals surface area contributed by atoms with E-state index in [-0.39, 0.29) is 5.41 Å². The van der Waals surface area contributed by atoms with Crippen molar-refractivity contribution < 1.29 is 19.1 Å². The predicted octanol–water partition coefficient (Wildman–Crippen LogP) is 1.92. The molecule has 1 unspecified atom stereocenters.